The molecule has 0 aliphatic carbocycles. The summed E-state index contributed by atoms with van der Waals surface area (Å²) >= 11 is 0. The van der Waals surface area contributed by atoms with Gasteiger partial charge in [-0.15, -0.1) is 0 Å². The zero-order chi connectivity index (χ0) is 22.2. The predicted octanol–water partition coefficient (Wildman–Crippen LogP) is -1.94. The molecule has 4 atom stereocenters. The van der Waals surface area contributed by atoms with E-state index in [9.17, 15) is 24.0 Å². The Morgan fingerprint density at radius 1 is 0.786 bits per heavy atom. The highest BCUT2D eigenvalue weighted by Gasteiger charge is 2.30. The van der Waals surface area contributed by atoms with Crippen LogP contribution >= 0.6 is 0 Å². The molecule has 0 spiro atoms. The lowest BCUT2D eigenvalue weighted by atomic mass is 10.0. The van der Waals surface area contributed by atoms with Gasteiger partial charge in [0.2, 0.25) is 23.6 Å². The molecule has 0 bridgehead atoms. The summed E-state index contributed by atoms with van der Waals surface area (Å²) in [5.41, 5.74) is 10.6. The molecule has 28 heavy (non-hydrogen) atoms. The van der Waals surface area contributed by atoms with Crippen LogP contribution in [0.15, 0.2) is 0 Å². The fourth-order valence-electron chi connectivity index (χ4n) is 2.27. The van der Waals surface area contributed by atoms with Crippen LogP contribution in [-0.2, 0) is 24.0 Å². The predicted molar refractivity (Wildman–Crippen MR) is 101 cm³/mol. The van der Waals surface area contributed by atoms with Gasteiger partial charge in [0.05, 0.1) is 12.5 Å². The lowest BCUT2D eigenvalue weighted by molar-refractivity contribution is -0.143. The third-order valence-corrected chi connectivity index (χ3v) is 3.99. The molecule has 0 rings (SSSR count). The monoisotopic (exact) mass is 401 g/mol. The van der Waals surface area contributed by atoms with Crippen molar-refractivity contribution in [2.45, 2.75) is 65.2 Å². The number of hydrogen-bond acceptors (Lipinski definition) is 6. The van der Waals surface area contributed by atoms with E-state index in [4.69, 9.17) is 16.6 Å². The van der Waals surface area contributed by atoms with Crippen LogP contribution in [0.1, 0.15) is 41.0 Å². The van der Waals surface area contributed by atoms with Gasteiger partial charge in [-0.1, -0.05) is 27.7 Å². The summed E-state index contributed by atoms with van der Waals surface area (Å²) in [4.78, 5) is 58.8. The van der Waals surface area contributed by atoms with E-state index in [2.05, 4.69) is 16.0 Å². The number of primary amides is 1. The van der Waals surface area contributed by atoms with Crippen LogP contribution in [0.2, 0.25) is 0 Å². The molecule has 0 aliphatic rings. The van der Waals surface area contributed by atoms with Gasteiger partial charge in [0.1, 0.15) is 18.1 Å². The Hall–Kier alpha value is -2.69. The number of amides is 4. The third kappa shape index (κ3) is 8.33. The molecule has 11 heteroatoms. The summed E-state index contributed by atoms with van der Waals surface area (Å²) in [5, 5.41) is 16.4. The lowest BCUT2D eigenvalue weighted by Gasteiger charge is -2.26. The van der Waals surface area contributed by atoms with Crippen LogP contribution < -0.4 is 27.4 Å². The van der Waals surface area contributed by atoms with Crippen molar-refractivity contribution in [2.24, 2.45) is 23.3 Å². The van der Waals surface area contributed by atoms with Crippen molar-refractivity contribution in [3.8, 4) is 0 Å². The van der Waals surface area contributed by atoms with Gasteiger partial charge in [-0.25, -0.2) is 4.79 Å². The number of aliphatic carboxylic acids is 1. The Kier molecular flexibility index (Phi) is 10.1. The van der Waals surface area contributed by atoms with Gasteiger partial charge in [0.25, 0.3) is 0 Å². The number of nitrogens with one attached hydrogen (secondary N) is 3. The molecule has 0 radical (unpaired) electrons. The van der Waals surface area contributed by atoms with Gasteiger partial charge in [-0.05, 0) is 18.8 Å². The molecule has 0 aliphatic heterocycles. The topological polar surface area (TPSA) is 194 Å². The normalized spacial score (nSPS) is 15.3. The molecule has 160 valence electrons. The molecule has 8 N–H and O–H groups in total. The molecule has 0 heterocycles. The summed E-state index contributed by atoms with van der Waals surface area (Å²) < 4.78 is 0. The zero-order valence-electron chi connectivity index (χ0n) is 16.8. The minimum atomic E-state index is -1.20. The molecule has 0 aromatic heterocycles. The number of carboxylic acids is 1. The van der Waals surface area contributed by atoms with Crippen molar-refractivity contribution in [1.82, 2.24) is 16.0 Å². The van der Waals surface area contributed by atoms with Crippen molar-refractivity contribution < 1.29 is 29.1 Å². The van der Waals surface area contributed by atoms with Crippen molar-refractivity contribution in [3.05, 3.63) is 0 Å². The maximum Gasteiger partial charge on any atom is 0.326 e. The Balaban J connectivity index is 5.00. The highest BCUT2D eigenvalue weighted by Crippen LogP contribution is 2.05. The summed E-state index contributed by atoms with van der Waals surface area (Å²) in [7, 11) is 0. The van der Waals surface area contributed by atoms with E-state index in [-0.39, 0.29) is 18.3 Å². The number of carboxylic acid groups (broad SMARTS) is 1. The summed E-state index contributed by atoms with van der Waals surface area (Å²) in [6.45, 7) is 8.02. The summed E-state index contributed by atoms with van der Waals surface area (Å²) in [6, 6.07) is -4.35. The van der Waals surface area contributed by atoms with Crippen LogP contribution in [0.3, 0.4) is 0 Å². The lowest BCUT2D eigenvalue weighted by Crippen LogP contribution is -2.58. The van der Waals surface area contributed by atoms with Gasteiger partial charge < -0.3 is 32.5 Å². The molecule has 0 saturated heterocycles. The highest BCUT2D eigenvalue weighted by molar-refractivity contribution is 5.95. The number of rotatable bonds is 11. The standard InChI is InChI=1S/C17H31N5O6/c1-7(2)12(21-15(25)10(18)6-11(19)23)16(26)20-9(5)14(24)22-13(8(3)4)17(27)28/h7-10,12-13H,6,18H2,1-5H3,(H2,19,23)(H,20,26)(H,21,25)(H,22,24)(H,27,28). The molecule has 0 aromatic carbocycles. The van der Waals surface area contributed by atoms with Crippen LogP contribution in [0.25, 0.3) is 0 Å². The fourth-order valence-corrected chi connectivity index (χ4v) is 2.27. The van der Waals surface area contributed by atoms with Crippen LogP contribution in [-0.4, -0.2) is 58.9 Å². The van der Waals surface area contributed by atoms with Gasteiger partial charge in [0, 0.05) is 0 Å². The van der Waals surface area contributed by atoms with E-state index in [1.807, 2.05) is 0 Å². The molecule has 0 aromatic rings. The summed E-state index contributed by atoms with van der Waals surface area (Å²) in [6.07, 6.45) is -0.372. The quantitative estimate of drug-likeness (QED) is 0.232. The Morgan fingerprint density at radius 3 is 1.64 bits per heavy atom. The first-order chi connectivity index (χ1) is 12.8. The van der Waals surface area contributed by atoms with Crippen LogP contribution in [0, 0.1) is 11.8 Å². The van der Waals surface area contributed by atoms with Gasteiger partial charge in [0.15, 0.2) is 0 Å². The Bertz CT molecular complexity index is 607. The van der Waals surface area contributed by atoms with E-state index in [1.165, 1.54) is 6.92 Å². The number of carbonyl (C=O) groups excluding carboxylic acids is 4. The van der Waals surface area contributed by atoms with Crippen molar-refractivity contribution in [1.29, 1.82) is 0 Å². The zero-order valence-corrected chi connectivity index (χ0v) is 16.8. The van der Waals surface area contributed by atoms with E-state index in [0.29, 0.717) is 0 Å². The minimum Gasteiger partial charge on any atom is -0.480 e. The molecule has 11 nitrogen and oxygen atoms in total. The van der Waals surface area contributed by atoms with E-state index in [1.54, 1.807) is 27.7 Å². The Labute approximate surface area is 164 Å². The first-order valence-corrected chi connectivity index (χ1v) is 8.95. The number of nitrogens with two attached hydrogens (primary N) is 2. The van der Waals surface area contributed by atoms with Gasteiger partial charge >= 0.3 is 5.97 Å². The second kappa shape index (κ2) is 11.2. The van der Waals surface area contributed by atoms with E-state index in [0.717, 1.165) is 0 Å². The molecular weight excluding hydrogens is 370 g/mol. The van der Waals surface area contributed by atoms with Gasteiger partial charge in [-0.3, -0.25) is 19.2 Å². The third-order valence-electron chi connectivity index (χ3n) is 3.99. The highest BCUT2D eigenvalue weighted by atomic mass is 16.4. The molecule has 0 saturated carbocycles. The fraction of sp³-hybridized carbons (Fsp3) is 0.706. The van der Waals surface area contributed by atoms with Crippen molar-refractivity contribution >= 4 is 29.6 Å². The Morgan fingerprint density at radius 2 is 1.25 bits per heavy atom. The maximum atomic E-state index is 12.5. The van der Waals surface area contributed by atoms with E-state index < -0.39 is 53.8 Å². The van der Waals surface area contributed by atoms with Crippen LogP contribution in [0.5, 0.6) is 0 Å². The smallest absolute Gasteiger partial charge is 0.326 e. The van der Waals surface area contributed by atoms with E-state index >= 15 is 0 Å². The molecule has 4 amide bonds. The van der Waals surface area contributed by atoms with Crippen LogP contribution in [0.4, 0.5) is 0 Å². The number of carbonyl (C=O) groups is 5. The first-order valence-electron chi connectivity index (χ1n) is 8.95. The second-order valence-corrected chi connectivity index (χ2v) is 7.31. The van der Waals surface area contributed by atoms with Crippen molar-refractivity contribution in [2.75, 3.05) is 0 Å². The van der Waals surface area contributed by atoms with Gasteiger partial charge in [-0.2, -0.15) is 0 Å². The molecule has 4 unspecified atom stereocenters. The summed E-state index contributed by atoms with van der Waals surface area (Å²) in [5.74, 6) is -4.67. The SMILES string of the molecule is CC(NC(=O)C(NC(=O)C(N)CC(N)=O)C(C)C)C(=O)NC(C(=O)O)C(C)C. The maximum absolute atomic E-state index is 12.5. The average Bonchev–Trinajstić information content (AvgIpc) is 2.54. The molecular formula is C17H31N5O6. The molecule has 0 fully saturated rings. The second-order valence-electron chi connectivity index (χ2n) is 7.31. The number of hydrogen-bond donors (Lipinski definition) is 6. The minimum absolute atomic E-state index is 0.345. The first kappa shape index (κ1) is 25.3. The average molecular weight is 401 g/mol. The largest absolute Gasteiger partial charge is 0.480 e. The van der Waals surface area contributed by atoms with Crippen molar-refractivity contribution in [3.63, 3.8) is 0 Å².